The summed E-state index contributed by atoms with van der Waals surface area (Å²) >= 11 is 3.44. The van der Waals surface area contributed by atoms with Gasteiger partial charge >= 0.3 is 0 Å². The van der Waals surface area contributed by atoms with E-state index in [1.807, 2.05) is 26.0 Å². The molecule has 0 saturated carbocycles. The van der Waals surface area contributed by atoms with Crippen LogP contribution in [0.2, 0.25) is 0 Å². The molecule has 2 rings (SSSR count). The molecule has 5 heteroatoms. The molecule has 0 radical (unpaired) electrons. The Bertz CT molecular complexity index is 541. The molecule has 0 unspecified atom stereocenters. The van der Waals surface area contributed by atoms with E-state index >= 15 is 0 Å². The van der Waals surface area contributed by atoms with Gasteiger partial charge in [0, 0.05) is 6.54 Å². The summed E-state index contributed by atoms with van der Waals surface area (Å²) in [7, 11) is 0. The van der Waals surface area contributed by atoms with Crippen molar-refractivity contribution in [3.63, 3.8) is 0 Å². The van der Waals surface area contributed by atoms with Crippen LogP contribution in [0.25, 0.3) is 0 Å². The van der Waals surface area contributed by atoms with Crippen LogP contribution in [0.4, 0.5) is 0 Å². The maximum absolute atomic E-state index is 9.87. The molecule has 4 nitrogen and oxygen atoms in total. The highest BCUT2D eigenvalue weighted by Gasteiger charge is 2.24. The van der Waals surface area contributed by atoms with E-state index in [2.05, 4.69) is 26.9 Å². The molecule has 0 spiro atoms. The third kappa shape index (κ3) is 4.98. The highest BCUT2D eigenvalue weighted by molar-refractivity contribution is 9.10. The zero-order valence-corrected chi connectivity index (χ0v) is 14.8. The van der Waals surface area contributed by atoms with Crippen molar-refractivity contribution in [3.8, 4) is 11.8 Å². The van der Waals surface area contributed by atoms with E-state index in [1.165, 1.54) is 0 Å². The Morgan fingerprint density at radius 2 is 2.09 bits per heavy atom. The van der Waals surface area contributed by atoms with Crippen molar-refractivity contribution < 1.29 is 9.84 Å². The van der Waals surface area contributed by atoms with E-state index in [9.17, 15) is 5.11 Å². The van der Waals surface area contributed by atoms with Gasteiger partial charge in [0.25, 0.3) is 0 Å². The van der Waals surface area contributed by atoms with Gasteiger partial charge in [-0.3, -0.25) is 0 Å². The maximum Gasteiger partial charge on any atom is 0.151 e. The molecule has 1 heterocycles. The molecule has 120 valence electrons. The lowest BCUT2D eigenvalue weighted by molar-refractivity contribution is 0.0212. The fourth-order valence-corrected chi connectivity index (χ4v) is 3.28. The lowest BCUT2D eigenvalue weighted by Crippen LogP contribution is -2.43. The molecule has 1 N–H and O–H groups in total. The first-order valence-electron chi connectivity index (χ1n) is 7.65. The summed E-state index contributed by atoms with van der Waals surface area (Å²) in [5, 5.41) is 19.0. The fraction of sp³-hybridized carbons (Fsp3) is 0.588. The minimum absolute atomic E-state index is 0.497. The number of aliphatic hydroxyl groups is 1. The Morgan fingerprint density at radius 3 is 2.68 bits per heavy atom. The number of β-amino-alcohol motifs (C(OH)–C–C–N with tert-alkyl or cyclic N) is 1. The van der Waals surface area contributed by atoms with Gasteiger partial charge in [-0.05, 0) is 73.8 Å². The molecule has 0 bridgehead atoms. The van der Waals surface area contributed by atoms with Crippen LogP contribution in [-0.4, -0.2) is 41.8 Å². The van der Waals surface area contributed by atoms with Gasteiger partial charge in [-0.2, -0.15) is 5.26 Å². The zero-order valence-electron chi connectivity index (χ0n) is 13.2. The number of hydrogen-bond donors (Lipinski definition) is 1. The summed E-state index contributed by atoms with van der Waals surface area (Å²) in [6, 6.07) is 7.66. The topological polar surface area (TPSA) is 56.5 Å². The first kappa shape index (κ1) is 17.3. The molecule has 0 aliphatic carbocycles. The highest BCUT2D eigenvalue weighted by atomic mass is 79.9. The maximum atomic E-state index is 9.87. The van der Waals surface area contributed by atoms with E-state index < -0.39 is 5.60 Å². The summed E-state index contributed by atoms with van der Waals surface area (Å²) in [6.07, 6.45) is 2.12. The molecule has 1 saturated heterocycles. The normalized spacial score (nSPS) is 17.2. The number of nitriles is 1. The zero-order chi connectivity index (χ0) is 16.2. The largest absolute Gasteiger partial charge is 0.491 e. The van der Waals surface area contributed by atoms with E-state index in [1.54, 1.807) is 6.07 Å². The molecule has 1 aliphatic rings. The second-order valence-electron chi connectivity index (χ2n) is 6.57. The average Bonchev–Trinajstić information content (AvgIpc) is 2.45. The third-order valence-electron chi connectivity index (χ3n) is 3.87. The summed E-state index contributed by atoms with van der Waals surface area (Å²) in [5.74, 6) is 1.14. The molecule has 0 aromatic heterocycles. The van der Waals surface area contributed by atoms with Crippen LogP contribution >= 0.6 is 15.9 Å². The summed E-state index contributed by atoms with van der Waals surface area (Å²) in [5.41, 5.74) is -0.0752. The molecule has 1 fully saturated rings. The Balaban J connectivity index is 1.84. The number of halogens is 1. The molecule has 0 amide bonds. The van der Waals surface area contributed by atoms with Gasteiger partial charge in [0.15, 0.2) is 5.75 Å². The predicted octanol–water partition coefficient (Wildman–Crippen LogP) is 3.18. The lowest BCUT2D eigenvalue weighted by Gasteiger charge is -2.35. The fourth-order valence-electron chi connectivity index (χ4n) is 2.80. The number of rotatable bonds is 5. The van der Waals surface area contributed by atoms with Gasteiger partial charge in [0.05, 0.1) is 22.2 Å². The molecular weight excluding hydrogens is 344 g/mol. The molecule has 1 aromatic rings. The average molecular weight is 367 g/mol. The monoisotopic (exact) mass is 366 g/mol. The van der Waals surface area contributed by atoms with Gasteiger partial charge in [-0.15, -0.1) is 0 Å². The van der Waals surface area contributed by atoms with Crippen LogP contribution in [0.5, 0.6) is 5.75 Å². The Hall–Kier alpha value is -1.09. The standard InChI is InChI=1S/C17H23BrN2O2/c1-17(2,21)12-20-8-6-13(7-9-20)11-22-16-14(10-19)4-3-5-15(16)18/h3-5,13,21H,6-9,11-12H2,1-2H3. The van der Waals surface area contributed by atoms with Crippen molar-refractivity contribution >= 4 is 15.9 Å². The van der Waals surface area contributed by atoms with Gasteiger partial charge < -0.3 is 14.7 Å². The third-order valence-corrected chi connectivity index (χ3v) is 4.49. The van der Waals surface area contributed by atoms with E-state index in [0.29, 0.717) is 30.4 Å². The number of nitrogens with zero attached hydrogens (tertiary/aromatic N) is 2. The minimum atomic E-state index is -0.639. The van der Waals surface area contributed by atoms with Crippen molar-refractivity contribution in [1.29, 1.82) is 5.26 Å². The second kappa shape index (κ2) is 7.45. The van der Waals surface area contributed by atoms with Gasteiger partial charge in [-0.1, -0.05) is 6.07 Å². The quantitative estimate of drug-likeness (QED) is 0.869. The van der Waals surface area contributed by atoms with E-state index in [0.717, 1.165) is 30.4 Å². The number of piperidine rings is 1. The molecule has 1 aliphatic heterocycles. The van der Waals surface area contributed by atoms with Gasteiger partial charge in [-0.25, -0.2) is 0 Å². The van der Waals surface area contributed by atoms with E-state index in [-0.39, 0.29) is 0 Å². The molecule has 0 atom stereocenters. The number of para-hydroxylation sites is 1. The summed E-state index contributed by atoms with van der Waals surface area (Å²) in [6.45, 7) is 7.01. The Labute approximate surface area is 140 Å². The Morgan fingerprint density at radius 1 is 1.41 bits per heavy atom. The Kier molecular flexibility index (Phi) is 5.85. The summed E-state index contributed by atoms with van der Waals surface area (Å²) in [4.78, 5) is 2.30. The molecule has 1 aromatic carbocycles. The van der Waals surface area contributed by atoms with Crippen molar-refractivity contribution in [2.24, 2.45) is 5.92 Å². The van der Waals surface area contributed by atoms with Crippen LogP contribution in [0.3, 0.4) is 0 Å². The number of ether oxygens (including phenoxy) is 1. The lowest BCUT2D eigenvalue weighted by atomic mass is 9.96. The molecule has 22 heavy (non-hydrogen) atoms. The summed E-state index contributed by atoms with van der Waals surface area (Å²) < 4.78 is 6.72. The number of likely N-dealkylation sites (tertiary alicyclic amines) is 1. The predicted molar refractivity (Wildman–Crippen MR) is 89.8 cm³/mol. The van der Waals surface area contributed by atoms with E-state index in [4.69, 9.17) is 10.00 Å². The van der Waals surface area contributed by atoms with Crippen LogP contribution in [0.1, 0.15) is 32.3 Å². The number of hydrogen-bond acceptors (Lipinski definition) is 4. The van der Waals surface area contributed by atoms with Crippen molar-refractivity contribution in [2.75, 3.05) is 26.2 Å². The SMILES string of the molecule is CC(C)(O)CN1CCC(COc2c(Br)cccc2C#N)CC1. The number of benzene rings is 1. The van der Waals surface area contributed by atoms with Crippen LogP contribution < -0.4 is 4.74 Å². The first-order chi connectivity index (χ1) is 10.4. The highest BCUT2D eigenvalue weighted by Crippen LogP contribution is 2.30. The smallest absolute Gasteiger partial charge is 0.151 e. The van der Waals surface area contributed by atoms with Crippen LogP contribution in [0.15, 0.2) is 22.7 Å². The van der Waals surface area contributed by atoms with Crippen molar-refractivity contribution in [2.45, 2.75) is 32.3 Å². The minimum Gasteiger partial charge on any atom is -0.491 e. The van der Waals surface area contributed by atoms with Crippen molar-refractivity contribution in [3.05, 3.63) is 28.2 Å². The second-order valence-corrected chi connectivity index (χ2v) is 7.43. The first-order valence-corrected chi connectivity index (χ1v) is 8.44. The van der Waals surface area contributed by atoms with Crippen LogP contribution in [-0.2, 0) is 0 Å². The molecular formula is C17H23BrN2O2. The van der Waals surface area contributed by atoms with Crippen LogP contribution in [0, 0.1) is 17.2 Å². The van der Waals surface area contributed by atoms with Gasteiger partial charge in [0.2, 0.25) is 0 Å². The van der Waals surface area contributed by atoms with Crippen molar-refractivity contribution in [1.82, 2.24) is 4.90 Å². The van der Waals surface area contributed by atoms with Gasteiger partial charge in [0.1, 0.15) is 6.07 Å².